The van der Waals surface area contributed by atoms with Gasteiger partial charge in [0.1, 0.15) is 0 Å². The van der Waals surface area contributed by atoms with Crippen LogP contribution in [0.3, 0.4) is 0 Å². The van der Waals surface area contributed by atoms with Gasteiger partial charge < -0.3 is 16.8 Å². The third-order valence-electron chi connectivity index (χ3n) is 4.11. The molecule has 0 heterocycles. The molecule has 0 radical (unpaired) electrons. The van der Waals surface area contributed by atoms with Crippen molar-refractivity contribution < 1.29 is 4.79 Å². The lowest BCUT2D eigenvalue weighted by molar-refractivity contribution is 0.102. The number of carbonyl (C=O) groups excluding carboxylic acids is 1. The molecule has 6 nitrogen and oxygen atoms in total. The third kappa shape index (κ3) is 6.10. The fourth-order valence-electron chi connectivity index (χ4n) is 2.74. The van der Waals surface area contributed by atoms with E-state index >= 15 is 0 Å². The minimum Gasteiger partial charge on any atom is -0.370 e. The summed E-state index contributed by atoms with van der Waals surface area (Å²) in [4.78, 5) is 18.8. The SMILES string of the molecule is C=CCN(CC=C)Cc1ccc(C(=O)Nc2ccc(C)c(N=C(N)N)c2)cc1. The van der Waals surface area contributed by atoms with E-state index in [1.807, 2.05) is 55.5 Å². The average molecular weight is 377 g/mol. The van der Waals surface area contributed by atoms with E-state index in [0.717, 1.165) is 30.8 Å². The molecule has 2 aromatic carbocycles. The zero-order valence-corrected chi connectivity index (χ0v) is 16.2. The summed E-state index contributed by atoms with van der Waals surface area (Å²) in [7, 11) is 0. The van der Waals surface area contributed by atoms with Crippen molar-refractivity contribution in [1.82, 2.24) is 4.90 Å². The molecule has 0 saturated heterocycles. The molecular formula is C22H27N5O. The first kappa shape index (κ1) is 20.9. The molecule has 2 aromatic rings. The molecule has 0 spiro atoms. The van der Waals surface area contributed by atoms with Crippen molar-refractivity contribution in [3.05, 3.63) is 84.5 Å². The molecule has 0 bridgehead atoms. The molecule has 146 valence electrons. The van der Waals surface area contributed by atoms with Crippen molar-refractivity contribution in [1.29, 1.82) is 0 Å². The minimum atomic E-state index is -0.194. The molecule has 0 aliphatic heterocycles. The number of anilines is 1. The first-order valence-electron chi connectivity index (χ1n) is 8.97. The van der Waals surface area contributed by atoms with Gasteiger partial charge in [-0.05, 0) is 42.3 Å². The Bertz CT molecular complexity index is 857. The highest BCUT2D eigenvalue weighted by molar-refractivity contribution is 6.04. The maximum atomic E-state index is 12.5. The number of hydrogen-bond acceptors (Lipinski definition) is 3. The van der Waals surface area contributed by atoms with Crippen molar-refractivity contribution in [3.63, 3.8) is 0 Å². The molecule has 0 aliphatic rings. The van der Waals surface area contributed by atoms with Crippen molar-refractivity contribution >= 4 is 23.2 Å². The van der Waals surface area contributed by atoms with Gasteiger partial charge in [-0.2, -0.15) is 0 Å². The Balaban J connectivity index is 2.08. The van der Waals surface area contributed by atoms with Crippen molar-refractivity contribution in [3.8, 4) is 0 Å². The molecule has 28 heavy (non-hydrogen) atoms. The Morgan fingerprint density at radius 2 is 1.75 bits per heavy atom. The number of guanidine groups is 1. The van der Waals surface area contributed by atoms with E-state index in [1.54, 1.807) is 6.07 Å². The summed E-state index contributed by atoms with van der Waals surface area (Å²) in [5.41, 5.74) is 14.8. The Hall–Kier alpha value is -3.38. The lowest BCUT2D eigenvalue weighted by atomic mass is 10.1. The number of nitrogens with one attached hydrogen (secondary N) is 1. The third-order valence-corrected chi connectivity index (χ3v) is 4.11. The fourth-order valence-corrected chi connectivity index (χ4v) is 2.74. The predicted octanol–water partition coefficient (Wildman–Crippen LogP) is 3.33. The van der Waals surface area contributed by atoms with Crippen LogP contribution in [0.2, 0.25) is 0 Å². The van der Waals surface area contributed by atoms with E-state index in [4.69, 9.17) is 11.5 Å². The highest BCUT2D eigenvalue weighted by Gasteiger charge is 2.09. The summed E-state index contributed by atoms with van der Waals surface area (Å²) in [6, 6.07) is 12.9. The lowest BCUT2D eigenvalue weighted by Crippen LogP contribution is -2.23. The number of amides is 1. The number of nitrogens with zero attached hydrogens (tertiary/aromatic N) is 2. The van der Waals surface area contributed by atoms with Gasteiger partial charge in [0.2, 0.25) is 0 Å². The van der Waals surface area contributed by atoms with Gasteiger partial charge in [-0.25, -0.2) is 4.99 Å². The second-order valence-electron chi connectivity index (χ2n) is 6.46. The molecule has 1 amide bonds. The molecule has 0 fully saturated rings. The highest BCUT2D eigenvalue weighted by Crippen LogP contribution is 2.23. The van der Waals surface area contributed by atoms with Crippen molar-refractivity contribution in [2.75, 3.05) is 18.4 Å². The van der Waals surface area contributed by atoms with Gasteiger partial charge in [-0.15, -0.1) is 13.2 Å². The summed E-state index contributed by atoms with van der Waals surface area (Å²) >= 11 is 0. The van der Waals surface area contributed by atoms with Crippen molar-refractivity contribution in [2.45, 2.75) is 13.5 Å². The molecule has 0 saturated carbocycles. The molecule has 0 aromatic heterocycles. The van der Waals surface area contributed by atoms with Gasteiger partial charge in [-0.1, -0.05) is 30.4 Å². The van der Waals surface area contributed by atoms with Crippen LogP contribution in [0.1, 0.15) is 21.5 Å². The average Bonchev–Trinajstić information content (AvgIpc) is 2.65. The van der Waals surface area contributed by atoms with Crippen LogP contribution >= 0.6 is 0 Å². The molecule has 5 N–H and O–H groups in total. The summed E-state index contributed by atoms with van der Waals surface area (Å²) in [5, 5.41) is 2.87. The number of benzene rings is 2. The van der Waals surface area contributed by atoms with Gasteiger partial charge in [0, 0.05) is 30.9 Å². The minimum absolute atomic E-state index is 0.0240. The maximum absolute atomic E-state index is 12.5. The van der Waals surface area contributed by atoms with Gasteiger partial charge >= 0.3 is 0 Å². The van der Waals surface area contributed by atoms with Gasteiger partial charge in [0.05, 0.1) is 5.69 Å². The Morgan fingerprint density at radius 3 is 2.32 bits per heavy atom. The normalized spacial score (nSPS) is 10.4. The van der Waals surface area contributed by atoms with E-state index in [2.05, 4.69) is 28.4 Å². The van der Waals surface area contributed by atoms with Crippen molar-refractivity contribution in [2.24, 2.45) is 16.5 Å². The number of aryl methyl sites for hydroxylation is 1. The maximum Gasteiger partial charge on any atom is 0.255 e. The largest absolute Gasteiger partial charge is 0.370 e. The first-order chi connectivity index (χ1) is 13.4. The molecule has 6 heteroatoms. The Morgan fingerprint density at radius 1 is 1.11 bits per heavy atom. The Kier molecular flexibility index (Phi) is 7.54. The van der Waals surface area contributed by atoms with Gasteiger partial charge in [0.15, 0.2) is 5.96 Å². The van der Waals surface area contributed by atoms with Crippen LogP contribution in [0.25, 0.3) is 0 Å². The lowest BCUT2D eigenvalue weighted by Gasteiger charge is -2.18. The summed E-state index contributed by atoms with van der Waals surface area (Å²) in [5.74, 6) is -0.218. The summed E-state index contributed by atoms with van der Waals surface area (Å²) in [6.45, 7) is 11.8. The monoisotopic (exact) mass is 377 g/mol. The van der Waals surface area contributed by atoms with E-state index in [0.29, 0.717) is 16.9 Å². The van der Waals surface area contributed by atoms with E-state index in [-0.39, 0.29) is 11.9 Å². The fraction of sp³-hybridized carbons (Fsp3) is 0.182. The molecule has 0 aliphatic carbocycles. The second-order valence-corrected chi connectivity index (χ2v) is 6.46. The van der Waals surface area contributed by atoms with Crippen LogP contribution in [0.15, 0.2) is 72.8 Å². The molecule has 2 rings (SSSR count). The van der Waals surface area contributed by atoms with Gasteiger partial charge in [0.25, 0.3) is 5.91 Å². The number of rotatable bonds is 9. The number of hydrogen-bond donors (Lipinski definition) is 3. The van der Waals surface area contributed by atoms with E-state index in [9.17, 15) is 4.79 Å². The number of carbonyl (C=O) groups is 1. The topological polar surface area (TPSA) is 96.7 Å². The molecule has 0 unspecified atom stereocenters. The number of aliphatic imine (C=N–C) groups is 1. The van der Waals surface area contributed by atoms with Crippen LogP contribution in [0.5, 0.6) is 0 Å². The standard InChI is InChI=1S/C22H27N5O/c1-4-12-27(13-5-2)15-17-7-9-18(10-8-17)21(28)25-19-11-6-16(3)20(14-19)26-22(23)24/h4-11,14H,1-2,12-13,15H2,3H3,(H,25,28)(H4,23,24,26). The highest BCUT2D eigenvalue weighted by atomic mass is 16.1. The Labute approximate surface area is 166 Å². The zero-order chi connectivity index (χ0) is 20.5. The van der Waals surface area contributed by atoms with E-state index in [1.165, 1.54) is 0 Å². The van der Waals surface area contributed by atoms with Crippen LogP contribution < -0.4 is 16.8 Å². The van der Waals surface area contributed by atoms with Gasteiger partial charge in [-0.3, -0.25) is 9.69 Å². The summed E-state index contributed by atoms with van der Waals surface area (Å²) < 4.78 is 0. The van der Waals surface area contributed by atoms with Crippen LogP contribution in [0, 0.1) is 6.92 Å². The van der Waals surface area contributed by atoms with Crippen LogP contribution in [-0.2, 0) is 6.54 Å². The zero-order valence-electron chi connectivity index (χ0n) is 16.2. The quantitative estimate of drug-likeness (QED) is 0.355. The predicted molar refractivity (Wildman–Crippen MR) is 117 cm³/mol. The van der Waals surface area contributed by atoms with Crippen LogP contribution in [-0.4, -0.2) is 29.9 Å². The first-order valence-corrected chi connectivity index (χ1v) is 8.97. The summed E-state index contributed by atoms with van der Waals surface area (Å²) in [6.07, 6.45) is 3.73. The molecule has 0 atom stereocenters. The number of nitrogens with two attached hydrogens (primary N) is 2. The second kappa shape index (κ2) is 10.1. The van der Waals surface area contributed by atoms with E-state index < -0.39 is 0 Å². The smallest absolute Gasteiger partial charge is 0.255 e. The van der Waals surface area contributed by atoms with Crippen LogP contribution in [0.4, 0.5) is 11.4 Å². The molecular weight excluding hydrogens is 350 g/mol.